The van der Waals surface area contributed by atoms with Crippen LogP contribution < -0.4 is 10.6 Å². The topological polar surface area (TPSA) is 145 Å². The van der Waals surface area contributed by atoms with Crippen LogP contribution in [0.25, 0.3) is 22.3 Å². The van der Waals surface area contributed by atoms with Crippen LogP contribution in [0.2, 0.25) is 0 Å². The maximum atomic E-state index is 13.0. The maximum Gasteiger partial charge on any atom is 0.339 e. The van der Waals surface area contributed by atoms with Crippen LogP contribution >= 0.6 is 0 Å². The number of hydrogen-bond acceptors (Lipinski definition) is 8. The summed E-state index contributed by atoms with van der Waals surface area (Å²) in [6.07, 6.45) is 0. The van der Waals surface area contributed by atoms with Crippen LogP contribution in [0.4, 0.5) is 0 Å². The number of rotatable bonds is 8. The number of esters is 2. The Morgan fingerprint density at radius 3 is 1.26 bits per heavy atom. The molecule has 0 bridgehead atoms. The SMILES string of the molecule is C=C(C)COC(=O)c1ccc2c(c1-c1ccc(-c3c(C(=O)OCC(=C)C)ccc4c3C(=O)NC4=O)cc1)C(=O)NC2=O. The quantitative estimate of drug-likeness (QED) is 0.235. The summed E-state index contributed by atoms with van der Waals surface area (Å²) in [7, 11) is 0. The van der Waals surface area contributed by atoms with Gasteiger partial charge in [-0.15, -0.1) is 0 Å². The van der Waals surface area contributed by atoms with Crippen LogP contribution in [0.5, 0.6) is 0 Å². The first-order valence-corrected chi connectivity index (χ1v) is 12.8. The molecule has 0 unspecified atom stereocenters. The Labute approximate surface area is 240 Å². The van der Waals surface area contributed by atoms with Gasteiger partial charge < -0.3 is 9.47 Å². The van der Waals surface area contributed by atoms with E-state index >= 15 is 0 Å². The predicted molar refractivity (Wildman–Crippen MR) is 151 cm³/mol. The first kappa shape index (κ1) is 27.9. The summed E-state index contributed by atoms with van der Waals surface area (Å²) >= 11 is 0. The van der Waals surface area contributed by atoms with E-state index in [0.717, 1.165) is 0 Å². The zero-order valence-electron chi connectivity index (χ0n) is 22.7. The third-order valence-electron chi connectivity index (χ3n) is 6.61. The molecule has 0 spiro atoms. The predicted octanol–water partition coefficient (Wildman–Crippen LogP) is 4.25. The number of carbonyl (C=O) groups is 6. The lowest BCUT2D eigenvalue weighted by Crippen LogP contribution is -2.20. The molecule has 0 atom stereocenters. The molecule has 0 fully saturated rings. The molecule has 2 aliphatic heterocycles. The summed E-state index contributed by atoms with van der Waals surface area (Å²) < 4.78 is 10.7. The lowest BCUT2D eigenvalue weighted by molar-refractivity contribution is 0.0532. The summed E-state index contributed by atoms with van der Waals surface area (Å²) in [6, 6.07) is 11.9. The van der Waals surface area contributed by atoms with Crippen molar-refractivity contribution < 1.29 is 38.2 Å². The fourth-order valence-corrected chi connectivity index (χ4v) is 4.80. The molecule has 2 heterocycles. The minimum absolute atomic E-state index is 0.0205. The van der Waals surface area contributed by atoms with E-state index in [4.69, 9.17) is 9.47 Å². The third kappa shape index (κ3) is 4.90. The summed E-state index contributed by atoms with van der Waals surface area (Å²) in [5, 5.41) is 4.49. The molecule has 42 heavy (non-hydrogen) atoms. The minimum Gasteiger partial charge on any atom is -0.458 e. The highest BCUT2D eigenvalue weighted by Crippen LogP contribution is 2.37. The van der Waals surface area contributed by atoms with Crippen LogP contribution in [0.15, 0.2) is 72.8 Å². The standard InChI is InChI=1S/C32H24N2O8/c1-15(2)13-41-31(39)21-11-9-19-25(29(37)33-27(19)35)23(21)17-5-7-18(8-6-17)24-22(32(40)42-14-16(3)4)12-10-20-26(24)30(38)34-28(20)36/h5-12H,1,3,13-14H2,2,4H3,(H,33,35,37)(H,34,36,38). The molecule has 2 N–H and O–H groups in total. The smallest absolute Gasteiger partial charge is 0.339 e. The molecule has 4 amide bonds. The molecule has 2 aliphatic rings. The lowest BCUT2D eigenvalue weighted by atomic mass is 9.88. The lowest BCUT2D eigenvalue weighted by Gasteiger charge is -2.15. The van der Waals surface area contributed by atoms with Crippen molar-refractivity contribution in [2.24, 2.45) is 0 Å². The highest BCUT2D eigenvalue weighted by molar-refractivity contribution is 6.26. The van der Waals surface area contributed by atoms with Crippen molar-refractivity contribution in [2.75, 3.05) is 13.2 Å². The molecule has 3 aromatic rings. The van der Waals surface area contributed by atoms with E-state index < -0.39 is 35.6 Å². The molecular weight excluding hydrogens is 540 g/mol. The van der Waals surface area contributed by atoms with Crippen molar-refractivity contribution in [1.29, 1.82) is 0 Å². The Bertz CT molecular complexity index is 1650. The molecule has 0 radical (unpaired) electrons. The van der Waals surface area contributed by atoms with Crippen LogP contribution in [0, 0.1) is 0 Å². The Kier molecular flexibility index (Phi) is 7.13. The molecule has 210 valence electrons. The van der Waals surface area contributed by atoms with E-state index in [1.54, 1.807) is 38.1 Å². The first-order chi connectivity index (χ1) is 20.0. The maximum absolute atomic E-state index is 13.0. The van der Waals surface area contributed by atoms with Gasteiger partial charge in [0.1, 0.15) is 13.2 Å². The third-order valence-corrected chi connectivity index (χ3v) is 6.61. The second kappa shape index (κ2) is 10.7. The van der Waals surface area contributed by atoms with E-state index in [1.165, 1.54) is 24.3 Å². The van der Waals surface area contributed by atoms with Crippen LogP contribution in [0.3, 0.4) is 0 Å². The van der Waals surface area contributed by atoms with E-state index in [-0.39, 0.29) is 57.7 Å². The number of carbonyl (C=O) groups excluding carboxylic acids is 6. The number of imide groups is 2. The summed E-state index contributed by atoms with van der Waals surface area (Å²) in [6.45, 7) is 10.8. The van der Waals surface area contributed by atoms with E-state index in [9.17, 15) is 28.8 Å². The number of amides is 4. The number of fused-ring (bicyclic) bond motifs is 2. The van der Waals surface area contributed by atoms with Gasteiger partial charge in [-0.3, -0.25) is 29.8 Å². The fourth-order valence-electron chi connectivity index (χ4n) is 4.80. The van der Waals surface area contributed by atoms with Gasteiger partial charge in [0.2, 0.25) is 0 Å². The molecule has 5 rings (SSSR count). The van der Waals surface area contributed by atoms with Gasteiger partial charge in [0.25, 0.3) is 23.6 Å². The normalized spacial score (nSPS) is 13.2. The number of ether oxygens (including phenoxy) is 2. The van der Waals surface area contributed by atoms with Crippen molar-refractivity contribution in [3.05, 3.63) is 106 Å². The van der Waals surface area contributed by atoms with Crippen molar-refractivity contribution in [2.45, 2.75) is 13.8 Å². The molecular formula is C32H24N2O8. The van der Waals surface area contributed by atoms with Gasteiger partial charge in [-0.05, 0) is 60.4 Å². The van der Waals surface area contributed by atoms with Gasteiger partial charge >= 0.3 is 11.9 Å². The van der Waals surface area contributed by atoms with Crippen molar-refractivity contribution in [1.82, 2.24) is 10.6 Å². The molecule has 0 saturated carbocycles. The first-order valence-electron chi connectivity index (χ1n) is 12.8. The Morgan fingerprint density at radius 1 is 0.571 bits per heavy atom. The van der Waals surface area contributed by atoms with Crippen molar-refractivity contribution in [3.8, 4) is 22.3 Å². The Balaban J connectivity index is 1.65. The van der Waals surface area contributed by atoms with Crippen LogP contribution in [0.1, 0.15) is 76.0 Å². The van der Waals surface area contributed by atoms with E-state index in [0.29, 0.717) is 22.3 Å². The van der Waals surface area contributed by atoms with Gasteiger partial charge in [-0.1, -0.05) is 37.4 Å². The number of hydrogen-bond donors (Lipinski definition) is 2. The fraction of sp³-hybridized carbons (Fsp3) is 0.125. The number of benzene rings is 3. The van der Waals surface area contributed by atoms with Gasteiger partial charge in [-0.2, -0.15) is 0 Å². The molecule has 10 nitrogen and oxygen atoms in total. The average Bonchev–Trinajstić information content (AvgIpc) is 3.42. The van der Waals surface area contributed by atoms with Gasteiger partial charge in [0.05, 0.1) is 33.4 Å². The zero-order valence-corrected chi connectivity index (χ0v) is 22.7. The zero-order chi connectivity index (χ0) is 30.3. The molecule has 0 aliphatic carbocycles. The van der Waals surface area contributed by atoms with Crippen LogP contribution in [-0.4, -0.2) is 48.8 Å². The monoisotopic (exact) mass is 564 g/mol. The molecule has 10 heteroatoms. The Hall–Kier alpha value is -5.64. The molecule has 3 aromatic carbocycles. The van der Waals surface area contributed by atoms with Gasteiger partial charge in [0, 0.05) is 11.1 Å². The second-order valence-corrected chi connectivity index (χ2v) is 10.0. The van der Waals surface area contributed by atoms with Gasteiger partial charge in [-0.25, -0.2) is 9.59 Å². The Morgan fingerprint density at radius 2 is 0.929 bits per heavy atom. The van der Waals surface area contributed by atoms with Crippen molar-refractivity contribution >= 4 is 35.6 Å². The summed E-state index contributed by atoms with van der Waals surface area (Å²) in [4.78, 5) is 76.4. The molecule has 0 saturated heterocycles. The van der Waals surface area contributed by atoms with Crippen LogP contribution in [-0.2, 0) is 9.47 Å². The average molecular weight is 565 g/mol. The minimum atomic E-state index is -0.717. The largest absolute Gasteiger partial charge is 0.458 e. The van der Waals surface area contributed by atoms with Gasteiger partial charge in [0.15, 0.2) is 0 Å². The van der Waals surface area contributed by atoms with Crippen molar-refractivity contribution in [3.63, 3.8) is 0 Å². The molecule has 0 aromatic heterocycles. The highest BCUT2D eigenvalue weighted by Gasteiger charge is 2.35. The van der Waals surface area contributed by atoms with E-state index in [1.807, 2.05) is 0 Å². The summed E-state index contributed by atoms with van der Waals surface area (Å²) in [5.41, 5.74) is 2.73. The highest BCUT2D eigenvalue weighted by atomic mass is 16.5. The van der Waals surface area contributed by atoms with E-state index in [2.05, 4.69) is 23.8 Å². The summed E-state index contributed by atoms with van der Waals surface area (Å²) in [5.74, 6) is -3.95. The second-order valence-electron chi connectivity index (χ2n) is 10.0. The number of nitrogens with one attached hydrogen (secondary N) is 2.